The van der Waals surface area contributed by atoms with Crippen LogP contribution in [0.1, 0.15) is 12.5 Å². The Morgan fingerprint density at radius 2 is 2.33 bits per heavy atom. The maximum absolute atomic E-state index is 14.4. The number of hydrogen-bond donors (Lipinski definition) is 1. The number of hydrogen-bond acceptors (Lipinski definition) is 4. The number of likely N-dealkylation sites (N-methyl/N-ethyl adjacent to an activating group) is 1. The van der Waals surface area contributed by atoms with Crippen LogP contribution in [0.4, 0.5) is 10.1 Å². The molecule has 2 unspecified atom stereocenters. The van der Waals surface area contributed by atoms with Crippen molar-refractivity contribution in [2.45, 2.75) is 13.0 Å². The third-order valence-electron chi connectivity index (χ3n) is 3.60. The topological polar surface area (TPSA) is 73.6 Å². The summed E-state index contributed by atoms with van der Waals surface area (Å²) in [5.41, 5.74) is 0.467. The molecule has 1 aromatic carbocycles. The van der Waals surface area contributed by atoms with E-state index in [2.05, 4.69) is 15.9 Å². The average molecular weight is 357 g/mol. The van der Waals surface area contributed by atoms with E-state index in [4.69, 9.17) is 10.00 Å². The highest BCUT2D eigenvalue weighted by Crippen LogP contribution is 2.32. The number of rotatable bonds is 4. The Hall–Kier alpha value is -1.65. The first kappa shape index (κ1) is 15.7. The molecule has 1 N–H and O–H groups in total. The summed E-state index contributed by atoms with van der Waals surface area (Å²) in [5.74, 6) is -2.21. The second-order valence-corrected chi connectivity index (χ2v) is 5.50. The average Bonchev–Trinajstić information content (AvgIpc) is 2.94. The van der Waals surface area contributed by atoms with Crippen molar-refractivity contribution in [2.75, 3.05) is 24.7 Å². The molecule has 21 heavy (non-hydrogen) atoms. The molecule has 2 rings (SSSR count). The van der Waals surface area contributed by atoms with Gasteiger partial charge >= 0.3 is 5.97 Å². The largest absolute Gasteiger partial charge is 0.481 e. The summed E-state index contributed by atoms with van der Waals surface area (Å²) in [6.45, 7) is 2.62. The molecule has 1 saturated heterocycles. The molecule has 7 heteroatoms. The summed E-state index contributed by atoms with van der Waals surface area (Å²) >= 11 is 3.07. The Morgan fingerprint density at radius 1 is 1.62 bits per heavy atom. The van der Waals surface area contributed by atoms with E-state index in [0.29, 0.717) is 6.54 Å². The van der Waals surface area contributed by atoms with Gasteiger partial charge in [-0.25, -0.2) is 4.39 Å². The molecular weight excluding hydrogens is 343 g/mol. The van der Waals surface area contributed by atoms with Crippen LogP contribution in [0, 0.1) is 23.1 Å². The van der Waals surface area contributed by atoms with E-state index in [-0.39, 0.29) is 28.9 Å². The molecule has 112 valence electrons. The third kappa shape index (κ3) is 2.87. The van der Waals surface area contributed by atoms with Crippen LogP contribution >= 0.6 is 15.9 Å². The fourth-order valence-electron chi connectivity index (χ4n) is 2.52. The van der Waals surface area contributed by atoms with Gasteiger partial charge < -0.3 is 14.7 Å². The van der Waals surface area contributed by atoms with Crippen molar-refractivity contribution < 1.29 is 19.0 Å². The first-order chi connectivity index (χ1) is 10.0. The maximum atomic E-state index is 14.4. The van der Waals surface area contributed by atoms with Crippen molar-refractivity contribution in [3.8, 4) is 6.07 Å². The summed E-state index contributed by atoms with van der Waals surface area (Å²) in [6.07, 6.45) is 0. The van der Waals surface area contributed by atoms with E-state index >= 15 is 0 Å². The van der Waals surface area contributed by atoms with Gasteiger partial charge in [0, 0.05) is 6.54 Å². The monoisotopic (exact) mass is 356 g/mol. The minimum Gasteiger partial charge on any atom is -0.481 e. The number of aliphatic carboxylic acids is 1. The molecular formula is C14H14BrFN2O3. The molecule has 1 aliphatic heterocycles. The van der Waals surface area contributed by atoms with E-state index in [9.17, 15) is 14.3 Å². The van der Waals surface area contributed by atoms with E-state index in [0.717, 1.165) is 0 Å². The fourth-order valence-corrected chi connectivity index (χ4v) is 2.94. The zero-order valence-electron chi connectivity index (χ0n) is 11.3. The fraction of sp³-hybridized carbons (Fsp3) is 0.429. The first-order valence-electron chi connectivity index (χ1n) is 6.46. The van der Waals surface area contributed by atoms with Crippen LogP contribution in [0.25, 0.3) is 0 Å². The smallest absolute Gasteiger partial charge is 0.311 e. The molecule has 0 saturated carbocycles. The van der Waals surface area contributed by atoms with Gasteiger partial charge in [-0.15, -0.1) is 0 Å². The summed E-state index contributed by atoms with van der Waals surface area (Å²) in [5, 5.41) is 18.1. The Bertz CT molecular complexity index is 603. The lowest BCUT2D eigenvalue weighted by molar-refractivity contribution is -0.141. The molecule has 0 aliphatic carbocycles. The molecule has 1 fully saturated rings. The van der Waals surface area contributed by atoms with Gasteiger partial charge in [-0.1, -0.05) is 0 Å². The Kier molecular flexibility index (Phi) is 4.80. The highest BCUT2D eigenvalue weighted by molar-refractivity contribution is 9.10. The molecule has 1 heterocycles. The van der Waals surface area contributed by atoms with Crippen LogP contribution in [-0.2, 0) is 9.53 Å². The van der Waals surface area contributed by atoms with Gasteiger partial charge in [0.1, 0.15) is 12.0 Å². The van der Waals surface area contributed by atoms with Crippen molar-refractivity contribution in [2.24, 2.45) is 5.92 Å². The van der Waals surface area contributed by atoms with Crippen molar-refractivity contribution in [1.82, 2.24) is 0 Å². The Balaban J connectivity index is 2.41. The molecule has 5 nitrogen and oxygen atoms in total. The number of carboxylic acid groups (broad SMARTS) is 1. The minimum absolute atomic E-state index is 0.0896. The molecule has 0 radical (unpaired) electrons. The van der Waals surface area contributed by atoms with Gasteiger partial charge in [0.25, 0.3) is 0 Å². The molecule has 0 aromatic heterocycles. The van der Waals surface area contributed by atoms with E-state index < -0.39 is 23.7 Å². The van der Waals surface area contributed by atoms with Crippen LogP contribution in [0.3, 0.4) is 0 Å². The molecule has 0 spiro atoms. The van der Waals surface area contributed by atoms with Gasteiger partial charge in [0.2, 0.25) is 0 Å². The number of ether oxygens (including phenoxy) is 1. The van der Waals surface area contributed by atoms with Crippen molar-refractivity contribution >= 4 is 27.6 Å². The summed E-state index contributed by atoms with van der Waals surface area (Å²) < 4.78 is 19.8. The lowest BCUT2D eigenvalue weighted by Crippen LogP contribution is -2.43. The van der Waals surface area contributed by atoms with Crippen LogP contribution in [0.15, 0.2) is 16.6 Å². The van der Waals surface area contributed by atoms with E-state index in [1.165, 1.54) is 12.1 Å². The zero-order valence-corrected chi connectivity index (χ0v) is 12.9. The van der Waals surface area contributed by atoms with Gasteiger partial charge in [0.15, 0.2) is 5.82 Å². The normalized spacial score (nSPS) is 21.0. The lowest BCUT2D eigenvalue weighted by atomic mass is 10.0. The summed E-state index contributed by atoms with van der Waals surface area (Å²) in [4.78, 5) is 12.9. The molecule has 1 aromatic rings. The van der Waals surface area contributed by atoms with Crippen molar-refractivity contribution in [3.63, 3.8) is 0 Å². The number of carbonyl (C=O) groups is 1. The van der Waals surface area contributed by atoms with Crippen molar-refractivity contribution in [3.05, 3.63) is 28.0 Å². The van der Waals surface area contributed by atoms with Crippen LogP contribution in [-0.4, -0.2) is 36.9 Å². The lowest BCUT2D eigenvalue weighted by Gasteiger charge is -2.32. The standard InChI is InChI=1S/C14H14BrFN2O3/c1-2-18(11-7-21-6-9(11)14(19)20)10-4-3-8(5-17)12(15)13(10)16/h3-4,9,11H,2,6-7H2,1H3,(H,19,20). The molecule has 0 bridgehead atoms. The molecule has 2 atom stereocenters. The third-order valence-corrected chi connectivity index (χ3v) is 4.38. The zero-order chi connectivity index (χ0) is 15.6. The second-order valence-electron chi connectivity index (χ2n) is 4.71. The van der Waals surface area contributed by atoms with Crippen LogP contribution in [0.5, 0.6) is 0 Å². The predicted molar refractivity (Wildman–Crippen MR) is 77.6 cm³/mol. The predicted octanol–water partition coefficient (Wildman–Crippen LogP) is 2.39. The maximum Gasteiger partial charge on any atom is 0.311 e. The van der Waals surface area contributed by atoms with Crippen LogP contribution < -0.4 is 4.90 Å². The Morgan fingerprint density at radius 3 is 2.90 bits per heavy atom. The highest BCUT2D eigenvalue weighted by atomic mass is 79.9. The number of nitrogens with zero attached hydrogens (tertiary/aromatic N) is 2. The van der Waals surface area contributed by atoms with Gasteiger partial charge in [-0.3, -0.25) is 4.79 Å². The summed E-state index contributed by atoms with van der Waals surface area (Å²) in [7, 11) is 0. The van der Waals surface area contributed by atoms with E-state index in [1.54, 1.807) is 4.90 Å². The van der Waals surface area contributed by atoms with Gasteiger partial charge in [-0.2, -0.15) is 5.26 Å². The minimum atomic E-state index is -0.955. The highest BCUT2D eigenvalue weighted by Gasteiger charge is 2.38. The molecule has 0 amide bonds. The Labute approximate surface area is 130 Å². The number of nitriles is 1. The van der Waals surface area contributed by atoms with Gasteiger partial charge in [-0.05, 0) is 35.0 Å². The number of anilines is 1. The molecule has 1 aliphatic rings. The van der Waals surface area contributed by atoms with Gasteiger partial charge in [0.05, 0.1) is 35.0 Å². The quantitative estimate of drug-likeness (QED) is 0.896. The first-order valence-corrected chi connectivity index (χ1v) is 7.25. The number of halogens is 2. The number of benzene rings is 1. The van der Waals surface area contributed by atoms with Crippen LogP contribution in [0.2, 0.25) is 0 Å². The second kappa shape index (κ2) is 6.41. The SMILES string of the molecule is CCN(c1ccc(C#N)c(Br)c1F)C1COCC1C(=O)O. The van der Waals surface area contributed by atoms with Crippen molar-refractivity contribution in [1.29, 1.82) is 5.26 Å². The van der Waals surface area contributed by atoms with E-state index in [1.807, 2.05) is 13.0 Å². The summed E-state index contributed by atoms with van der Waals surface area (Å²) in [6, 6.07) is 4.47. The number of carboxylic acids is 1.